The molecule has 3 rings (SSSR count). The number of non-ortho nitro benzene ring substituents is 1. The minimum absolute atomic E-state index is 0.0208. The van der Waals surface area contributed by atoms with Crippen molar-refractivity contribution in [1.29, 1.82) is 0 Å². The molecular formula is C13H10ClN5O2. The third-order valence-corrected chi connectivity index (χ3v) is 3.19. The summed E-state index contributed by atoms with van der Waals surface area (Å²) < 4.78 is 1.62. The van der Waals surface area contributed by atoms with Gasteiger partial charge in [-0.15, -0.1) is 0 Å². The average Bonchev–Trinajstić information content (AvgIpc) is 2.80. The van der Waals surface area contributed by atoms with Crippen molar-refractivity contribution in [2.24, 2.45) is 0 Å². The number of nitro benzene ring substituents is 1. The molecule has 0 aliphatic heterocycles. The van der Waals surface area contributed by atoms with E-state index in [1.165, 1.54) is 12.1 Å². The lowest BCUT2D eigenvalue weighted by Crippen LogP contribution is -2.06. The van der Waals surface area contributed by atoms with E-state index < -0.39 is 4.92 Å². The number of rotatable bonds is 3. The zero-order chi connectivity index (χ0) is 15.0. The minimum atomic E-state index is -0.434. The first-order chi connectivity index (χ1) is 10.0. The Kier molecular flexibility index (Phi) is 3.26. The second-order valence-corrected chi connectivity index (χ2v) is 4.94. The second-order valence-electron chi connectivity index (χ2n) is 4.55. The van der Waals surface area contributed by atoms with Crippen LogP contribution in [0.5, 0.6) is 0 Å². The van der Waals surface area contributed by atoms with Crippen molar-refractivity contribution in [3.05, 3.63) is 57.2 Å². The second kappa shape index (κ2) is 5.10. The number of hydrogen-bond acceptors (Lipinski definition) is 5. The predicted molar refractivity (Wildman–Crippen MR) is 77.3 cm³/mol. The Labute approximate surface area is 124 Å². The Hall–Kier alpha value is -2.54. The number of halogens is 1. The normalized spacial score (nSPS) is 11.0. The highest BCUT2D eigenvalue weighted by molar-refractivity contribution is 6.29. The van der Waals surface area contributed by atoms with E-state index in [2.05, 4.69) is 15.1 Å². The first-order valence-electron chi connectivity index (χ1n) is 6.13. The SMILES string of the molecule is Cc1cc(Cl)nc(Cn2ncc3ccc([N+](=O)[O-])cc32)n1. The summed E-state index contributed by atoms with van der Waals surface area (Å²) in [7, 11) is 0. The fraction of sp³-hybridized carbons (Fsp3) is 0.154. The van der Waals surface area contributed by atoms with Crippen LogP contribution in [0.4, 0.5) is 5.69 Å². The van der Waals surface area contributed by atoms with Crippen LogP contribution in [-0.4, -0.2) is 24.7 Å². The number of nitrogens with zero attached hydrogens (tertiary/aromatic N) is 5. The van der Waals surface area contributed by atoms with Crippen molar-refractivity contribution < 1.29 is 4.92 Å². The maximum atomic E-state index is 10.9. The van der Waals surface area contributed by atoms with Crippen LogP contribution in [0.3, 0.4) is 0 Å². The van der Waals surface area contributed by atoms with Crippen LogP contribution in [0.1, 0.15) is 11.5 Å². The number of fused-ring (bicyclic) bond motifs is 1. The molecule has 0 amide bonds. The van der Waals surface area contributed by atoms with Gasteiger partial charge in [0, 0.05) is 23.2 Å². The third-order valence-electron chi connectivity index (χ3n) is 3.00. The van der Waals surface area contributed by atoms with Crippen molar-refractivity contribution in [2.45, 2.75) is 13.5 Å². The Morgan fingerprint density at radius 1 is 1.33 bits per heavy atom. The molecule has 0 saturated heterocycles. The van der Waals surface area contributed by atoms with Gasteiger partial charge in [0.2, 0.25) is 0 Å². The monoisotopic (exact) mass is 303 g/mol. The van der Waals surface area contributed by atoms with Crippen LogP contribution < -0.4 is 0 Å². The van der Waals surface area contributed by atoms with Gasteiger partial charge in [-0.25, -0.2) is 9.97 Å². The van der Waals surface area contributed by atoms with Crippen molar-refractivity contribution >= 4 is 28.2 Å². The molecule has 0 spiro atoms. The lowest BCUT2D eigenvalue weighted by Gasteiger charge is -2.04. The van der Waals surface area contributed by atoms with Gasteiger partial charge >= 0.3 is 0 Å². The first-order valence-corrected chi connectivity index (χ1v) is 6.51. The molecule has 1 aromatic carbocycles. The molecule has 0 fully saturated rings. The smallest absolute Gasteiger partial charge is 0.258 e. The van der Waals surface area contributed by atoms with Crippen LogP contribution in [-0.2, 0) is 6.54 Å². The quantitative estimate of drug-likeness (QED) is 0.422. The summed E-state index contributed by atoms with van der Waals surface area (Å²) in [6.07, 6.45) is 1.65. The number of benzene rings is 1. The summed E-state index contributed by atoms with van der Waals surface area (Å²) in [5.41, 5.74) is 1.44. The van der Waals surface area contributed by atoms with E-state index in [1.54, 1.807) is 23.0 Å². The molecule has 0 unspecified atom stereocenters. The summed E-state index contributed by atoms with van der Waals surface area (Å²) in [5, 5.41) is 16.3. The van der Waals surface area contributed by atoms with E-state index in [0.717, 1.165) is 11.1 Å². The largest absolute Gasteiger partial charge is 0.271 e. The molecule has 3 aromatic rings. The Balaban J connectivity index is 2.03. The Morgan fingerprint density at radius 3 is 2.86 bits per heavy atom. The van der Waals surface area contributed by atoms with E-state index in [-0.39, 0.29) is 5.69 Å². The summed E-state index contributed by atoms with van der Waals surface area (Å²) in [4.78, 5) is 18.8. The Bertz CT molecular complexity index is 825. The van der Waals surface area contributed by atoms with Gasteiger partial charge in [0.15, 0.2) is 5.82 Å². The van der Waals surface area contributed by atoms with Gasteiger partial charge in [0.1, 0.15) is 11.7 Å². The van der Waals surface area contributed by atoms with E-state index in [0.29, 0.717) is 23.0 Å². The fourth-order valence-electron chi connectivity index (χ4n) is 2.09. The summed E-state index contributed by atoms with van der Waals surface area (Å²) >= 11 is 5.91. The van der Waals surface area contributed by atoms with Crippen molar-refractivity contribution in [1.82, 2.24) is 19.7 Å². The van der Waals surface area contributed by atoms with Gasteiger partial charge in [-0.1, -0.05) is 11.6 Å². The minimum Gasteiger partial charge on any atom is -0.258 e. The fourth-order valence-corrected chi connectivity index (χ4v) is 2.35. The highest BCUT2D eigenvalue weighted by Crippen LogP contribution is 2.21. The lowest BCUT2D eigenvalue weighted by molar-refractivity contribution is -0.384. The molecule has 7 nitrogen and oxygen atoms in total. The molecule has 0 bridgehead atoms. The van der Waals surface area contributed by atoms with E-state index >= 15 is 0 Å². The maximum absolute atomic E-state index is 10.9. The summed E-state index contributed by atoms with van der Waals surface area (Å²) in [6, 6.07) is 6.27. The summed E-state index contributed by atoms with van der Waals surface area (Å²) in [6.45, 7) is 2.12. The van der Waals surface area contributed by atoms with Crippen molar-refractivity contribution in [3.63, 3.8) is 0 Å². The highest BCUT2D eigenvalue weighted by atomic mass is 35.5. The topological polar surface area (TPSA) is 86.7 Å². The number of aromatic nitrogens is 4. The molecule has 106 valence electrons. The zero-order valence-corrected chi connectivity index (χ0v) is 11.8. The highest BCUT2D eigenvalue weighted by Gasteiger charge is 2.11. The molecular weight excluding hydrogens is 294 g/mol. The van der Waals surface area contributed by atoms with Crippen LogP contribution in [0.2, 0.25) is 5.15 Å². The van der Waals surface area contributed by atoms with E-state index in [1.807, 2.05) is 6.92 Å². The standard InChI is InChI=1S/C13H10ClN5O2/c1-8-4-12(14)17-13(16-8)7-18-11-5-10(19(20)21)3-2-9(11)6-15-18/h2-6H,7H2,1H3. The molecule has 0 N–H and O–H groups in total. The maximum Gasteiger partial charge on any atom is 0.271 e. The van der Waals surface area contributed by atoms with Crippen LogP contribution in [0, 0.1) is 17.0 Å². The molecule has 8 heteroatoms. The third kappa shape index (κ3) is 2.68. The van der Waals surface area contributed by atoms with Crippen LogP contribution in [0.15, 0.2) is 30.5 Å². The molecule has 0 radical (unpaired) electrons. The number of aryl methyl sites for hydroxylation is 1. The zero-order valence-electron chi connectivity index (χ0n) is 11.0. The van der Waals surface area contributed by atoms with Gasteiger partial charge in [-0.05, 0) is 19.1 Å². The van der Waals surface area contributed by atoms with E-state index in [4.69, 9.17) is 11.6 Å². The van der Waals surface area contributed by atoms with Gasteiger partial charge in [0.05, 0.1) is 16.6 Å². The lowest BCUT2D eigenvalue weighted by atomic mass is 10.2. The van der Waals surface area contributed by atoms with E-state index in [9.17, 15) is 10.1 Å². The Morgan fingerprint density at radius 2 is 2.14 bits per heavy atom. The number of nitro groups is 1. The van der Waals surface area contributed by atoms with Crippen molar-refractivity contribution in [2.75, 3.05) is 0 Å². The first kappa shape index (κ1) is 13.4. The van der Waals surface area contributed by atoms with Crippen LogP contribution >= 0.6 is 11.6 Å². The van der Waals surface area contributed by atoms with Crippen molar-refractivity contribution in [3.8, 4) is 0 Å². The predicted octanol–water partition coefficient (Wildman–Crippen LogP) is 2.74. The number of hydrogen-bond donors (Lipinski definition) is 0. The van der Waals surface area contributed by atoms with Gasteiger partial charge in [-0.2, -0.15) is 5.10 Å². The molecule has 0 aliphatic rings. The average molecular weight is 304 g/mol. The molecule has 0 aliphatic carbocycles. The molecule has 2 heterocycles. The van der Waals surface area contributed by atoms with Crippen LogP contribution in [0.25, 0.3) is 10.9 Å². The molecule has 0 atom stereocenters. The van der Waals surface area contributed by atoms with Gasteiger partial charge in [0.25, 0.3) is 5.69 Å². The molecule has 21 heavy (non-hydrogen) atoms. The molecule has 2 aromatic heterocycles. The van der Waals surface area contributed by atoms with Gasteiger partial charge in [-0.3, -0.25) is 14.8 Å². The van der Waals surface area contributed by atoms with Gasteiger partial charge < -0.3 is 0 Å². The summed E-state index contributed by atoms with van der Waals surface area (Å²) in [5.74, 6) is 0.511. The molecule has 0 saturated carbocycles.